The van der Waals surface area contributed by atoms with E-state index < -0.39 is 37.3 Å². The van der Waals surface area contributed by atoms with Crippen LogP contribution in [0.25, 0.3) is 6.08 Å². The maximum absolute atomic E-state index is 13.3. The van der Waals surface area contributed by atoms with Gasteiger partial charge in [-0.25, -0.2) is 4.79 Å². The molecule has 25 heavy (non-hydrogen) atoms. The van der Waals surface area contributed by atoms with Crippen LogP contribution in [0.5, 0.6) is 5.75 Å². The van der Waals surface area contributed by atoms with Gasteiger partial charge in [0.25, 0.3) is 0 Å². The number of carboxylic acid groups (broad SMARTS) is 1. The Bertz CT molecular complexity index is 738. The van der Waals surface area contributed by atoms with Crippen molar-refractivity contribution >= 4 is 25.3 Å². The first kappa shape index (κ1) is 19.6. The molecule has 1 aliphatic rings. The molecule has 0 aromatic heterocycles. The largest absolute Gasteiger partial charge is 0.478 e. The van der Waals surface area contributed by atoms with Crippen molar-refractivity contribution in [3.8, 4) is 5.75 Å². The number of benzene rings is 1. The third-order valence-electron chi connectivity index (χ3n) is 4.17. The summed E-state index contributed by atoms with van der Waals surface area (Å²) >= 11 is 0. The van der Waals surface area contributed by atoms with Crippen LogP contribution in [0.3, 0.4) is 0 Å². The molecule has 0 radical (unpaired) electrons. The maximum atomic E-state index is 13.3. The van der Waals surface area contributed by atoms with Crippen molar-refractivity contribution in [3.63, 3.8) is 0 Å². The van der Waals surface area contributed by atoms with E-state index in [2.05, 4.69) is 19.6 Å². The van der Waals surface area contributed by atoms with Crippen molar-refractivity contribution in [2.24, 2.45) is 0 Å². The maximum Gasteiger partial charge on any atom is 0.430 e. The van der Waals surface area contributed by atoms with Crippen molar-refractivity contribution in [1.82, 2.24) is 0 Å². The van der Waals surface area contributed by atoms with Gasteiger partial charge in [-0.15, -0.1) is 0 Å². The van der Waals surface area contributed by atoms with Crippen LogP contribution in [0.4, 0.5) is 13.2 Å². The minimum Gasteiger partial charge on any atom is -0.478 e. The number of carbonyl (C=O) groups is 1. The zero-order chi connectivity index (χ0) is 19.4. The van der Waals surface area contributed by atoms with Crippen molar-refractivity contribution < 1.29 is 27.8 Å². The molecule has 0 aliphatic carbocycles. The average molecular weight is 372 g/mol. The molecule has 1 aromatic rings. The van der Waals surface area contributed by atoms with Gasteiger partial charge in [-0.3, -0.25) is 0 Å². The smallest absolute Gasteiger partial charge is 0.430 e. The summed E-state index contributed by atoms with van der Waals surface area (Å²) < 4.78 is 45.2. The summed E-state index contributed by atoms with van der Waals surface area (Å²) in [6, 6.07) is 3.68. The van der Waals surface area contributed by atoms with E-state index in [-0.39, 0.29) is 5.75 Å². The lowest BCUT2D eigenvalue weighted by molar-refractivity contribution is -0.187. The number of alkyl halides is 3. The fourth-order valence-electron chi connectivity index (χ4n) is 2.72. The highest BCUT2D eigenvalue weighted by Gasteiger charge is 2.49. The number of aliphatic carboxylic acids is 1. The predicted molar refractivity (Wildman–Crippen MR) is 94.2 cm³/mol. The van der Waals surface area contributed by atoms with E-state index >= 15 is 0 Å². The topological polar surface area (TPSA) is 46.5 Å². The number of carboxylic acids is 1. The van der Waals surface area contributed by atoms with Crippen LogP contribution in [0.1, 0.15) is 31.9 Å². The number of hydrogen-bond acceptors (Lipinski definition) is 2. The van der Waals surface area contributed by atoms with E-state index in [4.69, 9.17) is 4.74 Å². The SMILES string of the molecule is CC(C)(C)c1cc([Si](C)(C)C)cc2c1OC(C(F)(F)F)C(C(=O)O)=C2. The van der Waals surface area contributed by atoms with E-state index in [0.29, 0.717) is 11.1 Å². The molecule has 7 heteroatoms. The van der Waals surface area contributed by atoms with Gasteiger partial charge in [-0.05, 0) is 11.5 Å². The monoisotopic (exact) mass is 372 g/mol. The van der Waals surface area contributed by atoms with Crippen LogP contribution in [-0.4, -0.2) is 31.4 Å². The third-order valence-corrected chi connectivity index (χ3v) is 6.19. The number of halogens is 3. The predicted octanol–water partition coefficient (Wildman–Crippen LogP) is 4.32. The van der Waals surface area contributed by atoms with E-state index in [1.165, 1.54) is 0 Å². The lowest BCUT2D eigenvalue weighted by atomic mass is 9.84. The van der Waals surface area contributed by atoms with Gasteiger partial charge in [-0.2, -0.15) is 13.2 Å². The van der Waals surface area contributed by atoms with Gasteiger partial charge in [0.05, 0.1) is 13.6 Å². The van der Waals surface area contributed by atoms with E-state index in [0.717, 1.165) is 11.3 Å². The normalized spacial score (nSPS) is 18.3. The van der Waals surface area contributed by atoms with E-state index in [1.807, 2.05) is 26.8 Å². The average Bonchev–Trinajstić information content (AvgIpc) is 2.41. The van der Waals surface area contributed by atoms with Crippen LogP contribution in [0.2, 0.25) is 19.6 Å². The fourth-order valence-corrected chi connectivity index (χ4v) is 3.89. The Labute approximate surface area is 146 Å². The summed E-state index contributed by atoms with van der Waals surface area (Å²) in [6.07, 6.45) is -6.15. The highest BCUT2D eigenvalue weighted by atomic mass is 28.3. The molecule has 2 rings (SSSR count). The molecule has 1 heterocycles. The minimum atomic E-state index is -4.80. The quantitative estimate of drug-likeness (QED) is 0.787. The molecule has 1 atom stereocenters. The lowest BCUT2D eigenvalue weighted by Crippen LogP contribution is -2.43. The van der Waals surface area contributed by atoms with Gasteiger partial charge in [-0.1, -0.05) is 57.7 Å². The molecule has 0 saturated heterocycles. The highest BCUT2D eigenvalue weighted by molar-refractivity contribution is 6.88. The van der Waals surface area contributed by atoms with Crippen molar-refractivity contribution in [1.29, 1.82) is 0 Å². The second-order valence-corrected chi connectivity index (χ2v) is 13.5. The highest BCUT2D eigenvalue weighted by Crippen LogP contribution is 2.42. The van der Waals surface area contributed by atoms with Gasteiger partial charge >= 0.3 is 12.1 Å². The first-order valence-corrected chi connectivity index (χ1v) is 11.5. The molecular formula is C18H23F3O3Si. The number of fused-ring (bicyclic) bond motifs is 1. The summed E-state index contributed by atoms with van der Waals surface area (Å²) in [6.45, 7) is 12.1. The summed E-state index contributed by atoms with van der Waals surface area (Å²) in [7, 11) is -1.76. The molecule has 1 aliphatic heterocycles. The summed E-state index contributed by atoms with van der Waals surface area (Å²) in [5.74, 6) is -1.49. The van der Waals surface area contributed by atoms with Crippen LogP contribution >= 0.6 is 0 Å². The van der Waals surface area contributed by atoms with Crippen molar-refractivity contribution in [2.45, 2.75) is 58.1 Å². The first-order chi connectivity index (χ1) is 11.1. The van der Waals surface area contributed by atoms with Gasteiger partial charge in [0.2, 0.25) is 6.10 Å². The second kappa shape index (κ2) is 5.90. The number of rotatable bonds is 2. The zero-order valence-corrected chi connectivity index (χ0v) is 16.2. The van der Waals surface area contributed by atoms with Gasteiger partial charge < -0.3 is 9.84 Å². The molecule has 0 amide bonds. The van der Waals surface area contributed by atoms with E-state index in [1.54, 1.807) is 6.07 Å². The molecule has 0 saturated carbocycles. The Balaban J connectivity index is 2.79. The molecule has 0 fully saturated rings. The molecule has 1 aromatic carbocycles. The molecular weight excluding hydrogens is 349 g/mol. The first-order valence-electron chi connectivity index (χ1n) is 7.99. The summed E-state index contributed by atoms with van der Waals surface area (Å²) in [5, 5.41) is 10.3. The molecule has 1 N–H and O–H groups in total. The van der Waals surface area contributed by atoms with Gasteiger partial charge in [0, 0.05) is 11.1 Å². The van der Waals surface area contributed by atoms with Gasteiger partial charge in [0.1, 0.15) is 5.75 Å². The van der Waals surface area contributed by atoms with Crippen molar-refractivity contribution in [2.75, 3.05) is 0 Å². The summed E-state index contributed by atoms with van der Waals surface area (Å²) in [5.41, 5.74) is -0.155. The molecule has 1 unspecified atom stereocenters. The number of hydrogen-bond donors (Lipinski definition) is 1. The fraction of sp³-hybridized carbons (Fsp3) is 0.500. The second-order valence-electron chi connectivity index (χ2n) is 8.39. The molecule has 0 bridgehead atoms. The molecule has 3 nitrogen and oxygen atoms in total. The van der Waals surface area contributed by atoms with E-state index in [9.17, 15) is 23.1 Å². The van der Waals surface area contributed by atoms with Crippen molar-refractivity contribution in [3.05, 3.63) is 28.8 Å². The Hall–Kier alpha value is -1.76. The van der Waals surface area contributed by atoms with Crippen LogP contribution in [0, 0.1) is 0 Å². The molecule has 0 spiro atoms. The Morgan fingerprint density at radius 2 is 1.72 bits per heavy atom. The van der Waals surface area contributed by atoms with Crippen LogP contribution in [0.15, 0.2) is 17.7 Å². The Morgan fingerprint density at radius 3 is 2.12 bits per heavy atom. The Morgan fingerprint density at radius 1 is 1.16 bits per heavy atom. The minimum absolute atomic E-state index is 0.127. The standard InChI is InChI=1S/C18H23F3O3Si/c1-17(2,3)13-9-11(25(4,5)6)7-10-8-12(16(22)23)15(18(19,20)21)24-14(10)13/h7-9,15H,1-6H3,(H,22,23). The van der Waals surface area contributed by atoms with Crippen LogP contribution in [-0.2, 0) is 10.2 Å². The molecule has 138 valence electrons. The lowest BCUT2D eigenvalue weighted by Gasteiger charge is -2.33. The number of ether oxygens (including phenoxy) is 1. The zero-order valence-electron chi connectivity index (χ0n) is 15.2. The third kappa shape index (κ3) is 3.91. The van der Waals surface area contributed by atoms with Gasteiger partial charge in [0.15, 0.2) is 0 Å². The van der Waals surface area contributed by atoms with Crippen LogP contribution < -0.4 is 9.92 Å². The Kier molecular flexibility index (Phi) is 4.61. The summed E-state index contributed by atoms with van der Waals surface area (Å²) in [4.78, 5) is 11.3.